The Morgan fingerprint density at radius 2 is 1.30 bits per heavy atom. The van der Waals surface area contributed by atoms with Gasteiger partial charge in [-0.1, -0.05) is 62.4 Å². The second-order valence-corrected chi connectivity index (χ2v) is 8.33. The zero-order valence-corrected chi connectivity index (χ0v) is 19.0. The number of hydrogen-bond donors (Lipinski definition) is 1. The largest absolute Gasteiger partial charge is 0.497 e. The minimum atomic E-state index is -0.195. The molecule has 4 aromatic carbocycles. The predicted octanol–water partition coefficient (Wildman–Crippen LogP) is 7.07. The third-order valence-corrected chi connectivity index (χ3v) is 5.75. The van der Waals surface area contributed by atoms with Crippen molar-refractivity contribution in [3.63, 3.8) is 0 Å². The monoisotopic (exact) mass is 437 g/mol. The molecule has 0 unspecified atom stereocenters. The lowest BCUT2D eigenvalue weighted by Crippen LogP contribution is -2.18. The van der Waals surface area contributed by atoms with Gasteiger partial charge in [0.05, 0.1) is 7.11 Å². The van der Waals surface area contributed by atoms with Gasteiger partial charge in [0.1, 0.15) is 17.2 Å². The highest BCUT2D eigenvalue weighted by Crippen LogP contribution is 2.33. The lowest BCUT2D eigenvalue weighted by molar-refractivity contribution is 0.102. The van der Waals surface area contributed by atoms with Gasteiger partial charge in [-0.2, -0.15) is 0 Å². The number of benzene rings is 4. The van der Waals surface area contributed by atoms with Gasteiger partial charge in [0.15, 0.2) is 0 Å². The van der Waals surface area contributed by atoms with Crippen molar-refractivity contribution < 1.29 is 14.3 Å². The Labute approximate surface area is 194 Å². The van der Waals surface area contributed by atoms with E-state index in [1.165, 1.54) is 11.1 Å². The van der Waals surface area contributed by atoms with Crippen molar-refractivity contribution in [3.8, 4) is 17.2 Å². The molecule has 0 bridgehead atoms. The highest BCUT2D eigenvalue weighted by Gasteiger charge is 2.22. The lowest BCUT2D eigenvalue weighted by Gasteiger charge is -2.26. The molecule has 1 amide bonds. The molecule has 0 aromatic heterocycles. The normalized spacial score (nSPS) is 11.0. The first-order chi connectivity index (χ1) is 16.0. The average molecular weight is 438 g/mol. The van der Waals surface area contributed by atoms with E-state index in [1.807, 2.05) is 42.5 Å². The van der Waals surface area contributed by atoms with Gasteiger partial charge in [0.25, 0.3) is 5.91 Å². The van der Waals surface area contributed by atoms with E-state index < -0.39 is 0 Å². The Hall–Kier alpha value is -4.05. The van der Waals surface area contributed by atoms with Crippen LogP contribution in [0.2, 0.25) is 0 Å². The Morgan fingerprint density at radius 1 is 0.697 bits per heavy atom. The minimum absolute atomic E-state index is 0.0948. The molecule has 0 aliphatic carbocycles. The summed E-state index contributed by atoms with van der Waals surface area (Å²) < 4.78 is 11.2. The first kappa shape index (κ1) is 22.2. The van der Waals surface area contributed by atoms with E-state index in [-0.39, 0.29) is 11.3 Å². The molecule has 0 saturated heterocycles. The summed E-state index contributed by atoms with van der Waals surface area (Å²) in [5.41, 5.74) is 3.62. The molecule has 4 nitrogen and oxygen atoms in total. The Morgan fingerprint density at radius 3 is 1.94 bits per heavy atom. The van der Waals surface area contributed by atoms with E-state index in [1.54, 1.807) is 31.4 Å². The van der Waals surface area contributed by atoms with Gasteiger partial charge in [0.2, 0.25) is 0 Å². The standard InChI is InChI=1S/C29H27NO3/c1-29(2,22-9-5-4-6-10-22)23-12-16-25(17-13-23)33-26-18-14-24(15-19-26)30-28(31)21-8-7-11-27(20-21)32-3/h4-20H,1-3H3,(H,30,31). The fraction of sp³-hybridized carbons (Fsp3) is 0.138. The third kappa shape index (κ3) is 5.24. The van der Waals surface area contributed by atoms with Crippen LogP contribution in [0.1, 0.15) is 35.3 Å². The number of amides is 1. The molecule has 1 N–H and O–H groups in total. The molecule has 0 radical (unpaired) electrons. The summed E-state index contributed by atoms with van der Waals surface area (Å²) >= 11 is 0. The fourth-order valence-corrected chi connectivity index (χ4v) is 3.67. The van der Waals surface area contributed by atoms with E-state index >= 15 is 0 Å². The first-order valence-corrected chi connectivity index (χ1v) is 10.8. The number of hydrogen-bond acceptors (Lipinski definition) is 3. The van der Waals surface area contributed by atoms with Crippen molar-refractivity contribution in [3.05, 3.63) is 120 Å². The Kier molecular flexibility index (Phi) is 6.45. The fourth-order valence-electron chi connectivity index (χ4n) is 3.67. The van der Waals surface area contributed by atoms with E-state index in [9.17, 15) is 4.79 Å². The van der Waals surface area contributed by atoms with E-state index in [4.69, 9.17) is 9.47 Å². The van der Waals surface area contributed by atoms with E-state index in [2.05, 4.69) is 55.6 Å². The van der Waals surface area contributed by atoms with Crippen LogP contribution >= 0.6 is 0 Å². The minimum Gasteiger partial charge on any atom is -0.497 e. The van der Waals surface area contributed by atoms with Crippen molar-refractivity contribution in [2.24, 2.45) is 0 Å². The second-order valence-electron chi connectivity index (χ2n) is 8.33. The molecule has 33 heavy (non-hydrogen) atoms. The van der Waals surface area contributed by atoms with Gasteiger partial charge in [-0.3, -0.25) is 4.79 Å². The van der Waals surface area contributed by atoms with Crippen LogP contribution in [-0.2, 0) is 5.41 Å². The number of anilines is 1. The lowest BCUT2D eigenvalue weighted by atomic mass is 9.78. The van der Waals surface area contributed by atoms with Gasteiger partial charge in [0, 0.05) is 16.7 Å². The molecular formula is C29H27NO3. The summed E-state index contributed by atoms with van der Waals surface area (Å²) in [7, 11) is 1.58. The van der Waals surface area contributed by atoms with Crippen LogP contribution < -0.4 is 14.8 Å². The second kappa shape index (κ2) is 9.61. The van der Waals surface area contributed by atoms with Gasteiger partial charge >= 0.3 is 0 Å². The van der Waals surface area contributed by atoms with Crippen molar-refractivity contribution in [2.75, 3.05) is 12.4 Å². The van der Waals surface area contributed by atoms with Gasteiger partial charge in [-0.25, -0.2) is 0 Å². The topological polar surface area (TPSA) is 47.6 Å². The number of methoxy groups -OCH3 is 1. The maximum absolute atomic E-state index is 12.5. The van der Waals surface area contributed by atoms with Crippen LogP contribution in [0.3, 0.4) is 0 Å². The van der Waals surface area contributed by atoms with Crippen LogP contribution in [0.4, 0.5) is 5.69 Å². The van der Waals surface area contributed by atoms with Crippen LogP contribution in [0.5, 0.6) is 17.2 Å². The molecule has 0 aliphatic rings. The molecule has 4 heteroatoms. The molecule has 0 saturated carbocycles. The molecular weight excluding hydrogens is 410 g/mol. The molecule has 0 atom stereocenters. The first-order valence-electron chi connectivity index (χ1n) is 10.8. The highest BCUT2D eigenvalue weighted by atomic mass is 16.5. The summed E-state index contributed by atoms with van der Waals surface area (Å²) in [5, 5.41) is 2.89. The van der Waals surface area contributed by atoms with Crippen molar-refractivity contribution >= 4 is 11.6 Å². The zero-order valence-electron chi connectivity index (χ0n) is 19.0. The third-order valence-electron chi connectivity index (χ3n) is 5.75. The maximum atomic E-state index is 12.5. The average Bonchev–Trinajstić information content (AvgIpc) is 2.86. The van der Waals surface area contributed by atoms with Crippen molar-refractivity contribution in [2.45, 2.75) is 19.3 Å². The molecule has 166 valence electrons. The van der Waals surface area contributed by atoms with Crippen LogP contribution in [0.15, 0.2) is 103 Å². The Balaban J connectivity index is 1.40. The summed E-state index contributed by atoms with van der Waals surface area (Å²) in [4.78, 5) is 12.5. The summed E-state index contributed by atoms with van der Waals surface area (Å²) in [6.07, 6.45) is 0. The number of carbonyl (C=O) groups is 1. The van der Waals surface area contributed by atoms with Gasteiger partial charge in [-0.15, -0.1) is 0 Å². The highest BCUT2D eigenvalue weighted by molar-refractivity contribution is 6.04. The molecule has 0 spiro atoms. The number of rotatable bonds is 7. The number of ether oxygens (including phenoxy) is 2. The van der Waals surface area contributed by atoms with Crippen LogP contribution in [0, 0.1) is 0 Å². The van der Waals surface area contributed by atoms with Gasteiger partial charge < -0.3 is 14.8 Å². The summed E-state index contributed by atoms with van der Waals surface area (Å²) in [5.74, 6) is 1.91. The van der Waals surface area contributed by atoms with Crippen LogP contribution in [0.25, 0.3) is 0 Å². The molecule has 0 aliphatic heterocycles. The molecule has 4 aromatic rings. The molecule has 0 heterocycles. The van der Waals surface area contributed by atoms with Gasteiger partial charge in [-0.05, 0) is 65.7 Å². The zero-order chi connectivity index (χ0) is 23.3. The Bertz CT molecular complexity index is 1210. The smallest absolute Gasteiger partial charge is 0.255 e. The van der Waals surface area contributed by atoms with E-state index in [0.29, 0.717) is 22.7 Å². The quantitative estimate of drug-likeness (QED) is 0.336. The summed E-state index contributed by atoms with van der Waals surface area (Å²) in [6, 6.07) is 33.0. The molecule has 0 fully saturated rings. The van der Waals surface area contributed by atoms with Crippen molar-refractivity contribution in [1.29, 1.82) is 0 Å². The number of carbonyl (C=O) groups excluding carboxylic acids is 1. The predicted molar refractivity (Wildman–Crippen MR) is 132 cm³/mol. The van der Waals surface area contributed by atoms with E-state index in [0.717, 1.165) is 5.75 Å². The SMILES string of the molecule is COc1cccc(C(=O)Nc2ccc(Oc3ccc(C(C)(C)c4ccccc4)cc3)cc2)c1. The molecule has 4 rings (SSSR count). The number of nitrogens with one attached hydrogen (secondary N) is 1. The van der Waals surface area contributed by atoms with Crippen molar-refractivity contribution in [1.82, 2.24) is 0 Å². The van der Waals surface area contributed by atoms with Crippen LogP contribution in [-0.4, -0.2) is 13.0 Å². The maximum Gasteiger partial charge on any atom is 0.255 e. The summed E-state index contributed by atoms with van der Waals surface area (Å²) in [6.45, 7) is 4.44.